The van der Waals surface area contributed by atoms with Crippen molar-refractivity contribution in [2.24, 2.45) is 0 Å². The average molecular weight is 291 g/mol. The highest BCUT2D eigenvalue weighted by Crippen LogP contribution is 2.21. The van der Waals surface area contributed by atoms with Gasteiger partial charge in [-0.3, -0.25) is 4.98 Å². The van der Waals surface area contributed by atoms with Crippen LogP contribution in [0, 0.1) is 0 Å². The molecule has 5 nitrogen and oxygen atoms in total. The van der Waals surface area contributed by atoms with E-state index in [1.165, 1.54) is 12.7 Å². The minimum absolute atomic E-state index is 0.217. The van der Waals surface area contributed by atoms with E-state index >= 15 is 0 Å². The minimum atomic E-state index is -0.217. The Balaban J connectivity index is 1.89. The second-order valence-electron chi connectivity index (χ2n) is 5.53. The number of hydrogen-bond acceptors (Lipinski definition) is 4. The van der Waals surface area contributed by atoms with Crippen molar-refractivity contribution in [3.63, 3.8) is 0 Å². The van der Waals surface area contributed by atoms with Gasteiger partial charge in [-0.15, -0.1) is 0 Å². The van der Waals surface area contributed by atoms with Crippen LogP contribution in [-0.4, -0.2) is 42.2 Å². The van der Waals surface area contributed by atoms with Crippen molar-refractivity contribution < 1.29 is 9.53 Å². The molecule has 2 heterocycles. The number of carbonyl (C=O) groups excluding carboxylic acids is 1. The summed E-state index contributed by atoms with van der Waals surface area (Å²) in [4.78, 5) is 17.5. The SMILES string of the molecule is CCCC(NC1CCN(C(=O)OC)CC1)c1cccnc1. The topological polar surface area (TPSA) is 54.5 Å². The largest absolute Gasteiger partial charge is 0.453 e. The van der Waals surface area contributed by atoms with Crippen molar-refractivity contribution in [2.75, 3.05) is 20.2 Å². The molecule has 1 amide bonds. The van der Waals surface area contributed by atoms with Crippen molar-refractivity contribution >= 4 is 6.09 Å². The average Bonchev–Trinajstić information content (AvgIpc) is 2.55. The number of carbonyl (C=O) groups is 1. The van der Waals surface area contributed by atoms with Crippen LogP contribution in [0.2, 0.25) is 0 Å². The van der Waals surface area contributed by atoms with Gasteiger partial charge in [-0.05, 0) is 30.9 Å². The van der Waals surface area contributed by atoms with Crippen molar-refractivity contribution in [2.45, 2.75) is 44.7 Å². The van der Waals surface area contributed by atoms with Crippen molar-refractivity contribution in [1.82, 2.24) is 15.2 Å². The molecule has 1 aliphatic rings. The molecule has 1 unspecified atom stereocenters. The zero-order valence-corrected chi connectivity index (χ0v) is 12.9. The summed E-state index contributed by atoms with van der Waals surface area (Å²) in [6.45, 7) is 3.72. The second kappa shape index (κ2) is 7.98. The number of methoxy groups -OCH3 is 1. The summed E-state index contributed by atoms with van der Waals surface area (Å²) in [5.74, 6) is 0. The predicted molar refractivity (Wildman–Crippen MR) is 82.0 cm³/mol. The second-order valence-corrected chi connectivity index (χ2v) is 5.53. The Hall–Kier alpha value is -1.62. The molecular weight excluding hydrogens is 266 g/mol. The molecule has 1 saturated heterocycles. The molecule has 0 spiro atoms. The number of pyridine rings is 1. The van der Waals surface area contributed by atoms with Gasteiger partial charge in [-0.25, -0.2) is 4.79 Å². The first-order valence-corrected chi connectivity index (χ1v) is 7.73. The van der Waals surface area contributed by atoms with Crippen LogP contribution in [0.5, 0.6) is 0 Å². The molecule has 1 N–H and O–H groups in total. The fraction of sp³-hybridized carbons (Fsp3) is 0.625. The van der Waals surface area contributed by atoms with Crippen LogP contribution >= 0.6 is 0 Å². The van der Waals surface area contributed by atoms with E-state index < -0.39 is 0 Å². The predicted octanol–water partition coefficient (Wildman–Crippen LogP) is 2.74. The summed E-state index contributed by atoms with van der Waals surface area (Å²) in [5, 5.41) is 3.73. The van der Waals surface area contributed by atoms with Gasteiger partial charge in [-0.1, -0.05) is 19.4 Å². The number of likely N-dealkylation sites (tertiary alicyclic amines) is 1. The smallest absolute Gasteiger partial charge is 0.409 e. The molecule has 0 aromatic carbocycles. The van der Waals surface area contributed by atoms with Crippen LogP contribution < -0.4 is 5.32 Å². The number of rotatable bonds is 5. The Morgan fingerprint density at radius 2 is 2.29 bits per heavy atom. The Morgan fingerprint density at radius 1 is 1.52 bits per heavy atom. The van der Waals surface area contributed by atoms with E-state index in [-0.39, 0.29) is 6.09 Å². The van der Waals surface area contributed by atoms with E-state index in [4.69, 9.17) is 4.74 Å². The summed E-state index contributed by atoms with van der Waals surface area (Å²) in [7, 11) is 1.44. The first-order valence-electron chi connectivity index (χ1n) is 7.73. The molecule has 0 radical (unpaired) electrons. The molecule has 1 fully saturated rings. The summed E-state index contributed by atoms with van der Waals surface area (Å²) in [6, 6.07) is 4.91. The first kappa shape index (κ1) is 15.8. The van der Waals surface area contributed by atoms with Crippen LogP contribution in [-0.2, 0) is 4.74 Å². The van der Waals surface area contributed by atoms with Gasteiger partial charge in [0.2, 0.25) is 0 Å². The maximum Gasteiger partial charge on any atom is 0.409 e. The number of amides is 1. The lowest BCUT2D eigenvalue weighted by molar-refractivity contribution is 0.108. The van der Waals surface area contributed by atoms with Crippen LogP contribution in [0.1, 0.15) is 44.2 Å². The lowest BCUT2D eigenvalue weighted by atomic mass is 9.99. The standard InChI is InChI=1S/C16H25N3O2/c1-3-5-15(13-6-4-9-17-12-13)18-14-7-10-19(11-8-14)16(20)21-2/h4,6,9,12,14-15,18H,3,5,7-8,10-11H2,1-2H3. The molecular formula is C16H25N3O2. The maximum atomic E-state index is 11.5. The number of hydrogen-bond donors (Lipinski definition) is 1. The molecule has 1 aromatic heterocycles. The molecule has 5 heteroatoms. The van der Waals surface area contributed by atoms with Gasteiger partial charge in [0, 0.05) is 37.6 Å². The molecule has 0 aliphatic carbocycles. The van der Waals surface area contributed by atoms with E-state index in [1.54, 1.807) is 11.1 Å². The van der Waals surface area contributed by atoms with Crippen molar-refractivity contribution in [1.29, 1.82) is 0 Å². The molecule has 0 saturated carbocycles. The Kier molecular flexibility index (Phi) is 5.99. The first-order chi connectivity index (χ1) is 10.2. The van der Waals surface area contributed by atoms with Crippen LogP contribution in [0.4, 0.5) is 4.79 Å². The third kappa shape index (κ3) is 4.43. The number of nitrogens with zero attached hydrogens (tertiary/aromatic N) is 2. The molecule has 116 valence electrons. The molecule has 0 bridgehead atoms. The summed E-state index contributed by atoms with van der Waals surface area (Å²) in [5.41, 5.74) is 1.25. The van der Waals surface area contributed by atoms with Gasteiger partial charge in [0.05, 0.1) is 7.11 Å². The molecule has 21 heavy (non-hydrogen) atoms. The van der Waals surface area contributed by atoms with E-state index in [2.05, 4.69) is 23.3 Å². The highest BCUT2D eigenvalue weighted by Gasteiger charge is 2.25. The van der Waals surface area contributed by atoms with Gasteiger partial charge < -0.3 is 15.0 Å². The molecule has 1 atom stereocenters. The normalized spacial score (nSPS) is 17.5. The Morgan fingerprint density at radius 3 is 2.86 bits per heavy atom. The molecule has 1 aromatic rings. The Labute approximate surface area is 126 Å². The minimum Gasteiger partial charge on any atom is -0.453 e. The van der Waals surface area contributed by atoms with Gasteiger partial charge in [-0.2, -0.15) is 0 Å². The van der Waals surface area contributed by atoms with E-state index in [0.717, 1.165) is 38.8 Å². The zero-order valence-electron chi connectivity index (χ0n) is 12.9. The van der Waals surface area contributed by atoms with E-state index in [9.17, 15) is 4.79 Å². The van der Waals surface area contributed by atoms with Crippen LogP contribution in [0.15, 0.2) is 24.5 Å². The number of aromatic nitrogens is 1. The number of piperidine rings is 1. The molecule has 2 rings (SSSR count). The third-order valence-electron chi connectivity index (χ3n) is 4.03. The molecule has 1 aliphatic heterocycles. The quantitative estimate of drug-likeness (QED) is 0.906. The fourth-order valence-corrected chi connectivity index (χ4v) is 2.86. The Bertz CT molecular complexity index is 430. The number of ether oxygens (including phenoxy) is 1. The fourth-order valence-electron chi connectivity index (χ4n) is 2.86. The highest BCUT2D eigenvalue weighted by atomic mass is 16.5. The van der Waals surface area contributed by atoms with Crippen molar-refractivity contribution in [3.05, 3.63) is 30.1 Å². The van der Waals surface area contributed by atoms with Crippen LogP contribution in [0.25, 0.3) is 0 Å². The number of nitrogens with one attached hydrogen (secondary N) is 1. The summed E-state index contributed by atoms with van der Waals surface area (Å²) < 4.78 is 4.77. The maximum absolute atomic E-state index is 11.5. The van der Waals surface area contributed by atoms with Gasteiger partial charge in [0.15, 0.2) is 0 Å². The highest BCUT2D eigenvalue weighted by molar-refractivity contribution is 5.67. The van der Waals surface area contributed by atoms with Crippen molar-refractivity contribution in [3.8, 4) is 0 Å². The van der Waals surface area contributed by atoms with E-state index in [1.807, 2.05) is 12.3 Å². The summed E-state index contributed by atoms with van der Waals surface area (Å²) in [6.07, 6.45) is 7.70. The summed E-state index contributed by atoms with van der Waals surface area (Å²) >= 11 is 0. The van der Waals surface area contributed by atoms with Gasteiger partial charge in [0.25, 0.3) is 0 Å². The van der Waals surface area contributed by atoms with Crippen LogP contribution in [0.3, 0.4) is 0 Å². The van der Waals surface area contributed by atoms with Gasteiger partial charge in [0.1, 0.15) is 0 Å². The zero-order chi connectivity index (χ0) is 15.1. The lowest BCUT2D eigenvalue weighted by Crippen LogP contribution is -2.45. The van der Waals surface area contributed by atoms with E-state index in [0.29, 0.717) is 12.1 Å². The third-order valence-corrected chi connectivity index (χ3v) is 4.03. The van der Waals surface area contributed by atoms with Gasteiger partial charge >= 0.3 is 6.09 Å². The monoisotopic (exact) mass is 291 g/mol. The lowest BCUT2D eigenvalue weighted by Gasteiger charge is -2.34.